The molecule has 1 atom stereocenters. The van der Waals surface area contributed by atoms with E-state index in [0.717, 1.165) is 25.2 Å². The van der Waals surface area contributed by atoms with Crippen LogP contribution in [0.5, 0.6) is 0 Å². The van der Waals surface area contributed by atoms with Gasteiger partial charge < -0.3 is 10.6 Å². The summed E-state index contributed by atoms with van der Waals surface area (Å²) in [5.41, 5.74) is 1.40. The van der Waals surface area contributed by atoms with Crippen LogP contribution in [0, 0.1) is 5.92 Å². The Hall–Kier alpha value is -1.85. The van der Waals surface area contributed by atoms with Crippen LogP contribution in [-0.4, -0.2) is 35.3 Å². The lowest BCUT2D eigenvalue weighted by Crippen LogP contribution is -2.33. The van der Waals surface area contributed by atoms with Crippen molar-refractivity contribution in [2.45, 2.75) is 19.3 Å². The topological polar surface area (TPSA) is 59.0 Å². The average molecular weight is 333 g/mol. The van der Waals surface area contributed by atoms with Gasteiger partial charge in [0.05, 0.1) is 17.4 Å². The molecular weight excluding hydrogens is 312 g/mol. The van der Waals surface area contributed by atoms with E-state index in [9.17, 15) is 4.79 Å². The summed E-state index contributed by atoms with van der Waals surface area (Å²) in [7, 11) is 0. The molecule has 122 valence electrons. The number of carbonyl (C=O) groups excluding carboxylic acids is 1. The average Bonchev–Trinajstić information content (AvgIpc) is 3.06. The number of hydrogen-bond acceptors (Lipinski definition) is 3. The van der Waals surface area contributed by atoms with E-state index in [0.29, 0.717) is 23.0 Å². The third kappa shape index (κ3) is 4.33. The lowest BCUT2D eigenvalue weighted by molar-refractivity contribution is 0.0950. The van der Waals surface area contributed by atoms with Crippen LogP contribution in [-0.2, 0) is 0 Å². The maximum Gasteiger partial charge on any atom is 0.254 e. The van der Waals surface area contributed by atoms with Crippen molar-refractivity contribution in [3.8, 4) is 5.69 Å². The van der Waals surface area contributed by atoms with Gasteiger partial charge in [-0.05, 0) is 56.5 Å². The van der Waals surface area contributed by atoms with Gasteiger partial charge in [0, 0.05) is 17.8 Å². The first kappa shape index (κ1) is 16.0. The summed E-state index contributed by atoms with van der Waals surface area (Å²) in [6, 6.07) is 7.38. The van der Waals surface area contributed by atoms with Gasteiger partial charge in [-0.3, -0.25) is 4.79 Å². The Morgan fingerprint density at radius 3 is 3.17 bits per heavy atom. The van der Waals surface area contributed by atoms with Crippen LogP contribution in [0.3, 0.4) is 0 Å². The second kappa shape index (κ2) is 7.62. The number of benzene rings is 1. The maximum absolute atomic E-state index is 12.2. The molecule has 1 aliphatic rings. The minimum absolute atomic E-state index is 0.0814. The fourth-order valence-corrected chi connectivity index (χ4v) is 3.05. The molecule has 1 aromatic carbocycles. The van der Waals surface area contributed by atoms with E-state index >= 15 is 0 Å². The first-order chi connectivity index (χ1) is 11.2. The van der Waals surface area contributed by atoms with Crippen molar-refractivity contribution >= 4 is 17.5 Å². The Balaban J connectivity index is 1.54. The molecule has 1 saturated heterocycles. The Kier molecular flexibility index (Phi) is 5.31. The molecule has 3 rings (SSSR count). The number of carbonyl (C=O) groups is 1. The number of rotatable bonds is 5. The van der Waals surface area contributed by atoms with Crippen LogP contribution in [0.2, 0.25) is 5.02 Å². The molecule has 0 radical (unpaired) electrons. The van der Waals surface area contributed by atoms with Gasteiger partial charge in [0.1, 0.15) is 0 Å². The summed E-state index contributed by atoms with van der Waals surface area (Å²) in [4.78, 5) is 12.2. The Labute approximate surface area is 141 Å². The second-order valence-corrected chi connectivity index (χ2v) is 6.35. The molecule has 1 amide bonds. The second-order valence-electron chi connectivity index (χ2n) is 5.91. The van der Waals surface area contributed by atoms with Crippen molar-refractivity contribution in [1.29, 1.82) is 0 Å². The Morgan fingerprint density at radius 2 is 2.39 bits per heavy atom. The molecule has 2 aromatic rings. The van der Waals surface area contributed by atoms with E-state index in [1.807, 2.05) is 24.3 Å². The molecule has 6 heteroatoms. The lowest BCUT2D eigenvalue weighted by Gasteiger charge is -2.22. The van der Waals surface area contributed by atoms with E-state index in [1.54, 1.807) is 17.1 Å². The molecule has 1 aliphatic heterocycles. The minimum Gasteiger partial charge on any atom is -0.352 e. The normalized spacial score (nSPS) is 17.9. The van der Waals surface area contributed by atoms with Crippen molar-refractivity contribution in [3.63, 3.8) is 0 Å². The van der Waals surface area contributed by atoms with Crippen LogP contribution in [0.1, 0.15) is 29.6 Å². The highest BCUT2D eigenvalue weighted by atomic mass is 35.5. The number of amides is 1. The van der Waals surface area contributed by atoms with Crippen LogP contribution >= 0.6 is 11.6 Å². The van der Waals surface area contributed by atoms with Crippen molar-refractivity contribution in [3.05, 3.63) is 47.2 Å². The fraction of sp³-hybridized carbons (Fsp3) is 0.412. The van der Waals surface area contributed by atoms with Crippen molar-refractivity contribution in [2.75, 3.05) is 19.6 Å². The molecule has 0 saturated carbocycles. The Morgan fingerprint density at radius 1 is 1.48 bits per heavy atom. The number of aromatic nitrogens is 2. The molecule has 1 aromatic heterocycles. The first-order valence-electron chi connectivity index (χ1n) is 8.02. The summed E-state index contributed by atoms with van der Waals surface area (Å²) in [6.07, 6.45) is 6.79. The van der Waals surface area contributed by atoms with Gasteiger partial charge >= 0.3 is 0 Å². The molecule has 0 spiro atoms. The first-order valence-corrected chi connectivity index (χ1v) is 8.40. The monoisotopic (exact) mass is 332 g/mol. The van der Waals surface area contributed by atoms with E-state index in [1.165, 1.54) is 12.8 Å². The highest BCUT2D eigenvalue weighted by Crippen LogP contribution is 2.15. The summed E-state index contributed by atoms with van der Waals surface area (Å²) < 4.78 is 1.66. The zero-order chi connectivity index (χ0) is 16.1. The van der Waals surface area contributed by atoms with Gasteiger partial charge in [-0.1, -0.05) is 17.7 Å². The highest BCUT2D eigenvalue weighted by Gasteiger charge is 2.14. The van der Waals surface area contributed by atoms with Gasteiger partial charge in [-0.2, -0.15) is 5.10 Å². The lowest BCUT2D eigenvalue weighted by atomic mass is 9.96. The largest absolute Gasteiger partial charge is 0.352 e. The van der Waals surface area contributed by atoms with Gasteiger partial charge in [0.2, 0.25) is 0 Å². The zero-order valence-corrected chi connectivity index (χ0v) is 13.7. The van der Waals surface area contributed by atoms with Gasteiger partial charge in [0.25, 0.3) is 5.91 Å². The van der Waals surface area contributed by atoms with Crippen molar-refractivity contribution in [2.24, 2.45) is 5.92 Å². The third-order valence-corrected chi connectivity index (χ3v) is 4.39. The molecule has 2 heterocycles. The summed E-state index contributed by atoms with van der Waals surface area (Å²) in [5.74, 6) is 0.584. The summed E-state index contributed by atoms with van der Waals surface area (Å²) >= 11 is 5.98. The van der Waals surface area contributed by atoms with Crippen molar-refractivity contribution in [1.82, 2.24) is 20.4 Å². The summed E-state index contributed by atoms with van der Waals surface area (Å²) in [5, 5.41) is 11.2. The van der Waals surface area contributed by atoms with Crippen LogP contribution in [0.4, 0.5) is 0 Å². The van der Waals surface area contributed by atoms with Crippen molar-refractivity contribution < 1.29 is 4.79 Å². The quantitative estimate of drug-likeness (QED) is 0.885. The molecule has 0 bridgehead atoms. The van der Waals surface area contributed by atoms with Crippen LogP contribution < -0.4 is 10.6 Å². The summed E-state index contributed by atoms with van der Waals surface area (Å²) in [6.45, 7) is 2.88. The number of halogens is 1. The standard InChI is InChI=1S/C17H21ClN4O/c18-15-4-1-5-16(9-15)22-12-14(11-21-22)17(23)20-8-6-13-3-2-7-19-10-13/h1,4-5,9,11-13,19H,2-3,6-8,10H2,(H,20,23). The number of hydrogen-bond donors (Lipinski definition) is 2. The maximum atomic E-state index is 12.2. The van der Waals surface area contributed by atoms with E-state index < -0.39 is 0 Å². The number of nitrogens with zero attached hydrogens (tertiary/aromatic N) is 2. The smallest absolute Gasteiger partial charge is 0.254 e. The molecule has 2 N–H and O–H groups in total. The molecular formula is C17H21ClN4O. The molecule has 1 unspecified atom stereocenters. The molecule has 0 aliphatic carbocycles. The SMILES string of the molecule is O=C(NCCC1CCCNC1)c1cnn(-c2cccc(Cl)c2)c1. The third-order valence-electron chi connectivity index (χ3n) is 4.15. The molecule has 1 fully saturated rings. The molecule has 23 heavy (non-hydrogen) atoms. The van der Waals surface area contributed by atoms with Gasteiger partial charge in [-0.25, -0.2) is 4.68 Å². The van der Waals surface area contributed by atoms with E-state index in [-0.39, 0.29) is 5.91 Å². The van der Waals surface area contributed by atoms with E-state index in [4.69, 9.17) is 11.6 Å². The molecule has 5 nitrogen and oxygen atoms in total. The van der Waals surface area contributed by atoms with Gasteiger partial charge in [-0.15, -0.1) is 0 Å². The Bertz CT molecular complexity index is 664. The predicted molar refractivity (Wildman–Crippen MR) is 91.1 cm³/mol. The van der Waals surface area contributed by atoms with Crippen LogP contribution in [0.25, 0.3) is 5.69 Å². The zero-order valence-electron chi connectivity index (χ0n) is 13.0. The number of piperidine rings is 1. The highest BCUT2D eigenvalue weighted by molar-refractivity contribution is 6.30. The van der Waals surface area contributed by atoms with Gasteiger partial charge in [0.15, 0.2) is 0 Å². The predicted octanol–water partition coefficient (Wildman–Crippen LogP) is 2.65. The minimum atomic E-state index is -0.0814. The van der Waals surface area contributed by atoms with E-state index in [2.05, 4.69) is 15.7 Å². The number of nitrogens with one attached hydrogen (secondary N) is 2. The fourth-order valence-electron chi connectivity index (χ4n) is 2.86. The van der Waals surface area contributed by atoms with Crippen LogP contribution in [0.15, 0.2) is 36.7 Å².